The second kappa shape index (κ2) is 7.22. The number of halogens is 1. The number of nitrogen functional groups attached to an aromatic ring is 1. The maximum atomic E-state index is 12.2. The van der Waals surface area contributed by atoms with Crippen molar-refractivity contribution in [2.75, 3.05) is 31.9 Å². The summed E-state index contributed by atoms with van der Waals surface area (Å²) in [6.45, 7) is 4.22. The zero-order valence-corrected chi connectivity index (χ0v) is 13.8. The highest BCUT2D eigenvalue weighted by Gasteiger charge is 2.22. The van der Waals surface area contributed by atoms with Crippen molar-refractivity contribution in [1.29, 1.82) is 0 Å². The standard InChI is InChI=1S/C13H16N4OS2.ClH/c14-13-15-7-11(20-13)8-16-2-4-17(5-3-16)12(18)10-1-6-19-9-10;/h1,6-7,9H,2-5,8H2,(H2,14,15);1H. The number of nitrogens with two attached hydrogens (primary N) is 1. The van der Waals surface area contributed by atoms with Gasteiger partial charge in [-0.2, -0.15) is 11.3 Å². The zero-order chi connectivity index (χ0) is 13.9. The minimum absolute atomic E-state index is 0. The van der Waals surface area contributed by atoms with Crippen LogP contribution >= 0.6 is 35.1 Å². The van der Waals surface area contributed by atoms with E-state index in [1.54, 1.807) is 11.3 Å². The summed E-state index contributed by atoms with van der Waals surface area (Å²) in [7, 11) is 0. The van der Waals surface area contributed by atoms with Crippen LogP contribution in [0.25, 0.3) is 0 Å². The third-order valence-electron chi connectivity index (χ3n) is 3.38. The average molecular weight is 345 g/mol. The normalized spacial score (nSPS) is 15.7. The quantitative estimate of drug-likeness (QED) is 0.926. The molecule has 114 valence electrons. The second-order valence-corrected chi connectivity index (χ2v) is 6.67. The van der Waals surface area contributed by atoms with Crippen LogP contribution in [0.2, 0.25) is 0 Å². The van der Waals surface area contributed by atoms with Gasteiger partial charge in [-0.05, 0) is 11.4 Å². The molecule has 1 fully saturated rings. The average Bonchev–Trinajstić information content (AvgIpc) is 3.11. The molecular weight excluding hydrogens is 328 g/mol. The smallest absolute Gasteiger partial charge is 0.254 e. The monoisotopic (exact) mass is 344 g/mol. The molecule has 0 unspecified atom stereocenters. The van der Waals surface area contributed by atoms with Gasteiger partial charge < -0.3 is 10.6 Å². The van der Waals surface area contributed by atoms with E-state index >= 15 is 0 Å². The molecule has 2 aromatic heterocycles. The Kier molecular flexibility index (Phi) is 5.58. The number of hydrogen-bond acceptors (Lipinski definition) is 6. The van der Waals surface area contributed by atoms with Crippen LogP contribution in [-0.2, 0) is 6.54 Å². The van der Waals surface area contributed by atoms with E-state index in [1.165, 1.54) is 16.2 Å². The molecule has 0 aliphatic carbocycles. The van der Waals surface area contributed by atoms with Crippen molar-refractivity contribution in [1.82, 2.24) is 14.8 Å². The van der Waals surface area contributed by atoms with Crippen LogP contribution in [0.1, 0.15) is 15.2 Å². The maximum absolute atomic E-state index is 12.2. The number of carbonyl (C=O) groups excluding carboxylic acids is 1. The van der Waals surface area contributed by atoms with Gasteiger partial charge in [0.15, 0.2) is 5.13 Å². The Bertz CT molecular complexity index is 579. The molecule has 3 heterocycles. The first kappa shape index (κ1) is 16.2. The minimum atomic E-state index is 0. The number of thiazole rings is 1. The number of hydrogen-bond donors (Lipinski definition) is 1. The summed E-state index contributed by atoms with van der Waals surface area (Å²) < 4.78 is 0. The zero-order valence-electron chi connectivity index (χ0n) is 11.4. The molecule has 0 spiro atoms. The van der Waals surface area contributed by atoms with Crippen LogP contribution in [0.15, 0.2) is 23.0 Å². The molecule has 1 saturated heterocycles. The number of amides is 1. The summed E-state index contributed by atoms with van der Waals surface area (Å²) in [5.41, 5.74) is 6.44. The van der Waals surface area contributed by atoms with Crippen LogP contribution in [0, 0.1) is 0 Å². The Morgan fingerprint density at radius 1 is 1.33 bits per heavy atom. The van der Waals surface area contributed by atoms with E-state index in [9.17, 15) is 4.79 Å². The molecule has 8 heteroatoms. The molecule has 0 radical (unpaired) electrons. The van der Waals surface area contributed by atoms with Gasteiger partial charge in [0.2, 0.25) is 0 Å². The Hall–Kier alpha value is -1.15. The lowest BCUT2D eigenvalue weighted by Gasteiger charge is -2.34. The number of anilines is 1. The van der Waals surface area contributed by atoms with Gasteiger partial charge in [0, 0.05) is 49.2 Å². The summed E-state index contributed by atoms with van der Waals surface area (Å²) in [4.78, 5) is 21.7. The van der Waals surface area contributed by atoms with Crippen molar-refractivity contribution in [3.8, 4) is 0 Å². The lowest BCUT2D eigenvalue weighted by atomic mass is 10.2. The highest BCUT2D eigenvalue weighted by molar-refractivity contribution is 7.15. The first-order chi connectivity index (χ1) is 9.72. The molecule has 0 bridgehead atoms. The van der Waals surface area contributed by atoms with Crippen LogP contribution in [0.3, 0.4) is 0 Å². The first-order valence-electron chi connectivity index (χ1n) is 6.46. The molecule has 5 nitrogen and oxygen atoms in total. The SMILES string of the molecule is Cl.Nc1ncc(CN2CCN(C(=O)c3ccsc3)CC2)s1. The molecule has 0 atom stereocenters. The molecule has 1 amide bonds. The Morgan fingerprint density at radius 2 is 2.10 bits per heavy atom. The van der Waals surface area contributed by atoms with Gasteiger partial charge in [-0.3, -0.25) is 9.69 Å². The number of aromatic nitrogens is 1. The van der Waals surface area contributed by atoms with E-state index < -0.39 is 0 Å². The number of nitrogens with zero attached hydrogens (tertiary/aromatic N) is 3. The number of piperazine rings is 1. The summed E-state index contributed by atoms with van der Waals surface area (Å²) >= 11 is 3.09. The Balaban J connectivity index is 0.00000161. The molecule has 0 saturated carbocycles. The maximum Gasteiger partial charge on any atom is 0.254 e. The van der Waals surface area contributed by atoms with Gasteiger partial charge in [-0.25, -0.2) is 4.98 Å². The van der Waals surface area contributed by atoms with E-state index in [2.05, 4.69) is 9.88 Å². The summed E-state index contributed by atoms with van der Waals surface area (Å²) in [6.07, 6.45) is 1.84. The molecule has 0 aromatic carbocycles. The van der Waals surface area contributed by atoms with Crippen molar-refractivity contribution in [2.24, 2.45) is 0 Å². The van der Waals surface area contributed by atoms with Gasteiger partial charge >= 0.3 is 0 Å². The van der Waals surface area contributed by atoms with Gasteiger partial charge in [0.05, 0.1) is 5.56 Å². The molecule has 2 N–H and O–H groups in total. The molecule has 2 aromatic rings. The Labute approximate surface area is 137 Å². The lowest BCUT2D eigenvalue weighted by molar-refractivity contribution is 0.0630. The number of carbonyl (C=O) groups is 1. The van der Waals surface area contributed by atoms with Gasteiger partial charge in [-0.1, -0.05) is 0 Å². The minimum Gasteiger partial charge on any atom is -0.375 e. The molecule has 1 aliphatic heterocycles. The van der Waals surface area contributed by atoms with Crippen LogP contribution in [-0.4, -0.2) is 46.9 Å². The molecular formula is C13H17ClN4OS2. The summed E-state index contributed by atoms with van der Waals surface area (Å²) in [6, 6.07) is 1.89. The van der Waals surface area contributed by atoms with Gasteiger partial charge in [0.1, 0.15) is 0 Å². The van der Waals surface area contributed by atoms with E-state index in [0.29, 0.717) is 5.13 Å². The number of rotatable bonds is 3. The van der Waals surface area contributed by atoms with Crippen molar-refractivity contribution in [2.45, 2.75) is 6.54 Å². The summed E-state index contributed by atoms with van der Waals surface area (Å²) in [5.74, 6) is 0.146. The largest absolute Gasteiger partial charge is 0.375 e. The molecule has 21 heavy (non-hydrogen) atoms. The molecule has 1 aliphatic rings. The van der Waals surface area contributed by atoms with E-state index in [0.717, 1.165) is 38.3 Å². The van der Waals surface area contributed by atoms with Gasteiger partial charge in [0.25, 0.3) is 5.91 Å². The fourth-order valence-electron chi connectivity index (χ4n) is 2.29. The third-order valence-corrected chi connectivity index (χ3v) is 4.87. The van der Waals surface area contributed by atoms with Crippen LogP contribution in [0.5, 0.6) is 0 Å². The van der Waals surface area contributed by atoms with Crippen molar-refractivity contribution < 1.29 is 4.79 Å². The van der Waals surface area contributed by atoms with Gasteiger partial charge in [-0.15, -0.1) is 23.7 Å². The van der Waals surface area contributed by atoms with E-state index in [4.69, 9.17) is 5.73 Å². The van der Waals surface area contributed by atoms with Crippen molar-refractivity contribution in [3.63, 3.8) is 0 Å². The fraction of sp³-hybridized carbons (Fsp3) is 0.385. The number of thiophene rings is 1. The highest BCUT2D eigenvalue weighted by atomic mass is 35.5. The van der Waals surface area contributed by atoms with Crippen molar-refractivity contribution in [3.05, 3.63) is 33.5 Å². The Morgan fingerprint density at radius 3 is 2.67 bits per heavy atom. The lowest BCUT2D eigenvalue weighted by Crippen LogP contribution is -2.48. The summed E-state index contributed by atoms with van der Waals surface area (Å²) in [5, 5.41) is 4.47. The van der Waals surface area contributed by atoms with Crippen LogP contribution < -0.4 is 5.73 Å². The fourth-order valence-corrected chi connectivity index (χ4v) is 3.65. The highest BCUT2D eigenvalue weighted by Crippen LogP contribution is 2.18. The third kappa shape index (κ3) is 3.94. The first-order valence-corrected chi connectivity index (χ1v) is 8.22. The second-order valence-electron chi connectivity index (χ2n) is 4.75. The predicted octanol–water partition coefficient (Wildman–Crippen LogP) is 2.17. The van der Waals surface area contributed by atoms with E-state index in [-0.39, 0.29) is 18.3 Å². The topological polar surface area (TPSA) is 62.5 Å². The predicted molar refractivity (Wildman–Crippen MR) is 89.3 cm³/mol. The van der Waals surface area contributed by atoms with Crippen molar-refractivity contribution >= 4 is 46.1 Å². The van der Waals surface area contributed by atoms with Crippen LogP contribution in [0.4, 0.5) is 5.13 Å². The van der Waals surface area contributed by atoms with E-state index in [1.807, 2.05) is 27.9 Å². The molecule has 3 rings (SSSR count).